The molecule has 1 unspecified atom stereocenters. The van der Waals surface area contributed by atoms with Gasteiger partial charge >= 0.3 is 6.18 Å². The van der Waals surface area contributed by atoms with Crippen LogP contribution in [0.1, 0.15) is 33.2 Å². The molecule has 8 heteroatoms. The van der Waals surface area contributed by atoms with Crippen molar-refractivity contribution in [2.75, 3.05) is 26.3 Å². The summed E-state index contributed by atoms with van der Waals surface area (Å²) in [6.07, 6.45) is -2.78. The van der Waals surface area contributed by atoms with E-state index in [9.17, 15) is 18.0 Å². The second kappa shape index (κ2) is 8.06. The van der Waals surface area contributed by atoms with Crippen LogP contribution in [0.5, 0.6) is 0 Å². The van der Waals surface area contributed by atoms with Crippen molar-refractivity contribution in [3.8, 4) is 0 Å². The van der Waals surface area contributed by atoms with Crippen LogP contribution in [0.4, 0.5) is 13.2 Å². The predicted molar refractivity (Wildman–Crippen MR) is 93.0 cm³/mol. The predicted octanol–water partition coefficient (Wildman–Crippen LogP) is 2.82. The largest absolute Gasteiger partial charge is 0.433 e. The molecular formula is C19H20F3N3O2. The Bertz CT molecular complexity index is 788. The van der Waals surface area contributed by atoms with Gasteiger partial charge in [-0.15, -0.1) is 0 Å². The molecule has 1 aliphatic rings. The lowest BCUT2D eigenvalue weighted by molar-refractivity contribution is -0.141. The van der Waals surface area contributed by atoms with Crippen LogP contribution in [0.25, 0.3) is 0 Å². The van der Waals surface area contributed by atoms with Gasteiger partial charge in [-0.05, 0) is 29.7 Å². The molecule has 3 rings (SSSR count). The maximum absolute atomic E-state index is 12.8. The van der Waals surface area contributed by atoms with Gasteiger partial charge in [0, 0.05) is 30.9 Å². The highest BCUT2D eigenvalue weighted by molar-refractivity contribution is 5.94. The van der Waals surface area contributed by atoms with Gasteiger partial charge in [0.05, 0.1) is 13.2 Å². The number of morpholine rings is 1. The van der Waals surface area contributed by atoms with E-state index in [4.69, 9.17) is 10.5 Å². The molecule has 1 aliphatic heterocycles. The summed E-state index contributed by atoms with van der Waals surface area (Å²) in [5.74, 6) is -0.531. The third-order valence-electron chi connectivity index (χ3n) is 4.64. The highest BCUT2D eigenvalue weighted by Crippen LogP contribution is 2.31. The van der Waals surface area contributed by atoms with Crippen molar-refractivity contribution in [2.24, 2.45) is 5.73 Å². The van der Waals surface area contributed by atoms with Gasteiger partial charge in [0.25, 0.3) is 0 Å². The number of aromatic nitrogens is 1. The number of primary amides is 1. The molecule has 1 fully saturated rings. The Hall–Kier alpha value is -2.45. The fourth-order valence-corrected chi connectivity index (χ4v) is 3.26. The van der Waals surface area contributed by atoms with Crippen LogP contribution >= 0.6 is 0 Å². The standard InChI is InChI=1S/C19H20F3N3O2/c20-19(21,22)17-6-5-14(12-24-17)16(25-7-9-27-10-8-25)11-13-3-1-2-4-15(13)18(23)26/h1-6,12,16H,7-11H2,(H2,23,26). The Morgan fingerprint density at radius 1 is 1.19 bits per heavy atom. The highest BCUT2D eigenvalue weighted by Gasteiger charge is 2.33. The van der Waals surface area contributed by atoms with E-state index in [-0.39, 0.29) is 6.04 Å². The van der Waals surface area contributed by atoms with Gasteiger partial charge in [-0.1, -0.05) is 24.3 Å². The van der Waals surface area contributed by atoms with Crippen LogP contribution in [0.2, 0.25) is 0 Å². The van der Waals surface area contributed by atoms with E-state index in [2.05, 4.69) is 9.88 Å². The molecule has 144 valence electrons. The number of alkyl halides is 3. The number of carbonyl (C=O) groups is 1. The van der Waals surface area contributed by atoms with Gasteiger partial charge in [-0.25, -0.2) is 0 Å². The van der Waals surface area contributed by atoms with E-state index in [1.165, 1.54) is 12.3 Å². The van der Waals surface area contributed by atoms with Crippen LogP contribution in [-0.4, -0.2) is 42.1 Å². The smallest absolute Gasteiger partial charge is 0.379 e. The molecule has 5 nitrogen and oxygen atoms in total. The summed E-state index contributed by atoms with van der Waals surface area (Å²) in [4.78, 5) is 17.4. The Balaban J connectivity index is 1.93. The Labute approximate surface area is 154 Å². The lowest BCUT2D eigenvalue weighted by Crippen LogP contribution is -2.40. The van der Waals surface area contributed by atoms with E-state index >= 15 is 0 Å². The molecular weight excluding hydrogens is 359 g/mol. The number of ether oxygens (including phenoxy) is 1. The molecule has 0 bridgehead atoms. The number of halogens is 3. The zero-order chi connectivity index (χ0) is 19.4. The van der Waals surface area contributed by atoms with Gasteiger partial charge in [0.1, 0.15) is 5.69 Å². The minimum Gasteiger partial charge on any atom is -0.379 e. The molecule has 27 heavy (non-hydrogen) atoms. The average molecular weight is 379 g/mol. The molecule has 1 atom stereocenters. The first-order valence-corrected chi connectivity index (χ1v) is 8.59. The van der Waals surface area contributed by atoms with E-state index in [1.54, 1.807) is 12.1 Å². The first kappa shape index (κ1) is 19.3. The van der Waals surface area contributed by atoms with Gasteiger partial charge in [0.15, 0.2) is 0 Å². The molecule has 2 aromatic rings. The molecule has 1 aromatic heterocycles. The van der Waals surface area contributed by atoms with Crippen molar-refractivity contribution >= 4 is 5.91 Å². The Morgan fingerprint density at radius 3 is 2.48 bits per heavy atom. The first-order valence-electron chi connectivity index (χ1n) is 8.59. The molecule has 0 aliphatic carbocycles. The van der Waals surface area contributed by atoms with Crippen LogP contribution in [0, 0.1) is 0 Å². The first-order chi connectivity index (χ1) is 12.9. The van der Waals surface area contributed by atoms with E-state index < -0.39 is 17.8 Å². The SMILES string of the molecule is NC(=O)c1ccccc1CC(c1ccc(C(F)(F)F)nc1)N1CCOCC1. The van der Waals surface area contributed by atoms with Crippen LogP contribution < -0.4 is 5.73 Å². The normalized spacial score (nSPS) is 16.9. The highest BCUT2D eigenvalue weighted by atomic mass is 19.4. The van der Waals surface area contributed by atoms with Crippen molar-refractivity contribution in [3.63, 3.8) is 0 Å². The molecule has 0 spiro atoms. The summed E-state index contributed by atoms with van der Waals surface area (Å²) in [6, 6.07) is 9.20. The summed E-state index contributed by atoms with van der Waals surface area (Å²) in [5.41, 5.74) is 6.36. The van der Waals surface area contributed by atoms with E-state index in [1.807, 2.05) is 12.1 Å². The molecule has 2 N–H and O–H groups in total. The molecule has 1 amide bonds. The summed E-state index contributed by atoms with van der Waals surface area (Å²) in [7, 11) is 0. The van der Waals surface area contributed by atoms with Crippen LogP contribution in [0.15, 0.2) is 42.6 Å². The van der Waals surface area contributed by atoms with Crippen molar-refractivity contribution in [3.05, 3.63) is 65.0 Å². The summed E-state index contributed by atoms with van der Waals surface area (Å²) in [5, 5.41) is 0. The number of pyridine rings is 1. The zero-order valence-corrected chi connectivity index (χ0v) is 14.6. The topological polar surface area (TPSA) is 68.5 Å². The number of nitrogens with zero attached hydrogens (tertiary/aromatic N) is 2. The zero-order valence-electron chi connectivity index (χ0n) is 14.6. The van der Waals surface area contributed by atoms with Crippen molar-refractivity contribution < 1.29 is 22.7 Å². The van der Waals surface area contributed by atoms with E-state index in [0.717, 1.165) is 11.6 Å². The van der Waals surface area contributed by atoms with Gasteiger partial charge in [0.2, 0.25) is 5.91 Å². The average Bonchev–Trinajstić information content (AvgIpc) is 2.66. The Morgan fingerprint density at radius 2 is 1.89 bits per heavy atom. The van der Waals surface area contributed by atoms with E-state index in [0.29, 0.717) is 43.9 Å². The number of hydrogen-bond acceptors (Lipinski definition) is 4. The van der Waals surface area contributed by atoms with Crippen LogP contribution in [-0.2, 0) is 17.3 Å². The number of nitrogens with two attached hydrogens (primary N) is 1. The minimum absolute atomic E-state index is 0.232. The maximum atomic E-state index is 12.8. The minimum atomic E-state index is -4.48. The second-order valence-corrected chi connectivity index (χ2v) is 6.36. The van der Waals surface area contributed by atoms with Gasteiger partial charge in [-0.3, -0.25) is 14.7 Å². The van der Waals surface area contributed by atoms with Crippen molar-refractivity contribution in [2.45, 2.75) is 18.6 Å². The van der Waals surface area contributed by atoms with Crippen molar-refractivity contribution in [1.82, 2.24) is 9.88 Å². The molecule has 1 saturated heterocycles. The molecule has 0 radical (unpaired) electrons. The van der Waals surface area contributed by atoms with Crippen LogP contribution in [0.3, 0.4) is 0 Å². The summed E-state index contributed by atoms with van der Waals surface area (Å²) in [6.45, 7) is 2.37. The number of hydrogen-bond donors (Lipinski definition) is 1. The number of benzene rings is 1. The maximum Gasteiger partial charge on any atom is 0.433 e. The van der Waals surface area contributed by atoms with Gasteiger partial charge in [-0.2, -0.15) is 13.2 Å². The van der Waals surface area contributed by atoms with Crippen molar-refractivity contribution in [1.29, 1.82) is 0 Å². The Kier molecular flexibility index (Phi) is 5.76. The fraction of sp³-hybridized carbons (Fsp3) is 0.368. The summed E-state index contributed by atoms with van der Waals surface area (Å²) < 4.78 is 43.9. The quantitative estimate of drug-likeness (QED) is 0.868. The number of rotatable bonds is 5. The molecule has 1 aromatic carbocycles. The molecule has 0 saturated carbocycles. The molecule has 2 heterocycles. The summed E-state index contributed by atoms with van der Waals surface area (Å²) >= 11 is 0. The third-order valence-corrected chi connectivity index (χ3v) is 4.64. The fourth-order valence-electron chi connectivity index (χ4n) is 3.26. The second-order valence-electron chi connectivity index (χ2n) is 6.36. The van der Waals surface area contributed by atoms with Gasteiger partial charge < -0.3 is 10.5 Å². The number of amides is 1. The third kappa shape index (κ3) is 4.64. The lowest BCUT2D eigenvalue weighted by Gasteiger charge is -2.35. The monoisotopic (exact) mass is 379 g/mol. The number of carbonyl (C=O) groups excluding carboxylic acids is 1. The lowest BCUT2D eigenvalue weighted by atomic mass is 9.94.